The predicted octanol–water partition coefficient (Wildman–Crippen LogP) is 2.49. The fourth-order valence-corrected chi connectivity index (χ4v) is 2.06. The molecule has 0 amide bonds. The number of methoxy groups -OCH3 is 1. The number of allylic oxidation sites excluding steroid dienone is 1. The zero-order valence-corrected chi connectivity index (χ0v) is 10.5. The van der Waals surface area contributed by atoms with Crippen molar-refractivity contribution in [2.45, 2.75) is 0 Å². The number of hydrogen-bond acceptors (Lipinski definition) is 4. The Morgan fingerprint density at radius 1 is 1.26 bits per heavy atom. The molecule has 1 aromatic heterocycles. The van der Waals surface area contributed by atoms with E-state index in [0.29, 0.717) is 12.1 Å². The maximum Gasteiger partial charge on any atom is 0.337 e. The lowest BCUT2D eigenvalue weighted by Gasteiger charge is -2.05. The first kappa shape index (κ1) is 11.6. The van der Waals surface area contributed by atoms with Gasteiger partial charge in [0.1, 0.15) is 0 Å². The van der Waals surface area contributed by atoms with Gasteiger partial charge in [0, 0.05) is 17.2 Å². The zero-order valence-electron chi connectivity index (χ0n) is 10.5. The van der Waals surface area contributed by atoms with Crippen molar-refractivity contribution in [2.75, 3.05) is 13.7 Å². The molecule has 0 bridgehead atoms. The molecule has 0 N–H and O–H groups in total. The number of carbonyl (C=O) groups excluding carboxylic acids is 1. The van der Waals surface area contributed by atoms with Crippen molar-refractivity contribution in [3.05, 3.63) is 47.7 Å². The number of benzene rings is 1. The minimum Gasteiger partial charge on any atom is -0.465 e. The number of nitrogens with zero attached hydrogens (tertiary/aromatic N) is 2. The molecule has 0 radical (unpaired) electrons. The Bertz CT molecular complexity index is 717. The summed E-state index contributed by atoms with van der Waals surface area (Å²) in [5, 5.41) is 0.922. The lowest BCUT2D eigenvalue weighted by Crippen LogP contribution is -2.01. The lowest BCUT2D eigenvalue weighted by atomic mass is 10.1. The summed E-state index contributed by atoms with van der Waals surface area (Å²) in [5.41, 5.74) is 3.43. The topological polar surface area (TPSA) is 51.5 Å². The Hall–Kier alpha value is -2.49. The van der Waals surface area contributed by atoms with Crippen LogP contribution < -0.4 is 0 Å². The smallest absolute Gasteiger partial charge is 0.337 e. The van der Waals surface area contributed by atoms with Crippen LogP contribution in [0.5, 0.6) is 0 Å². The molecular formula is C15H12N2O2. The molecule has 19 heavy (non-hydrogen) atoms. The van der Waals surface area contributed by atoms with E-state index >= 15 is 0 Å². The predicted molar refractivity (Wildman–Crippen MR) is 74.4 cm³/mol. The van der Waals surface area contributed by atoms with Crippen LogP contribution in [0.4, 0.5) is 0 Å². The molecule has 0 saturated carbocycles. The van der Waals surface area contributed by atoms with Gasteiger partial charge < -0.3 is 4.74 Å². The van der Waals surface area contributed by atoms with Gasteiger partial charge in [-0.05, 0) is 30.3 Å². The number of carbonyl (C=O) groups is 1. The molecule has 4 nitrogen and oxygen atoms in total. The van der Waals surface area contributed by atoms with E-state index < -0.39 is 0 Å². The molecule has 0 spiro atoms. The van der Waals surface area contributed by atoms with Gasteiger partial charge in [0.05, 0.1) is 30.4 Å². The molecule has 1 aromatic carbocycles. The van der Waals surface area contributed by atoms with Crippen molar-refractivity contribution in [2.24, 2.45) is 4.99 Å². The molecule has 1 aliphatic rings. The SMILES string of the molecule is COC(=O)c1ccc2nc(C3=CC=NC3)ccc2c1. The quantitative estimate of drug-likeness (QED) is 0.771. The van der Waals surface area contributed by atoms with Crippen LogP contribution in [0.2, 0.25) is 0 Å². The van der Waals surface area contributed by atoms with Crippen LogP contribution in [0.15, 0.2) is 41.4 Å². The highest BCUT2D eigenvalue weighted by Gasteiger charge is 2.09. The number of rotatable bonds is 2. The van der Waals surface area contributed by atoms with E-state index in [0.717, 1.165) is 22.2 Å². The van der Waals surface area contributed by atoms with E-state index in [-0.39, 0.29) is 5.97 Å². The first-order valence-corrected chi connectivity index (χ1v) is 5.96. The van der Waals surface area contributed by atoms with Gasteiger partial charge in [-0.15, -0.1) is 0 Å². The number of esters is 1. The fourth-order valence-electron chi connectivity index (χ4n) is 2.06. The summed E-state index contributed by atoms with van der Waals surface area (Å²) in [5.74, 6) is -0.335. The van der Waals surface area contributed by atoms with E-state index in [2.05, 4.69) is 9.98 Å². The number of fused-ring (bicyclic) bond motifs is 1. The third kappa shape index (κ3) is 2.12. The Morgan fingerprint density at radius 3 is 2.89 bits per heavy atom. The Balaban J connectivity index is 2.03. The molecule has 4 heteroatoms. The van der Waals surface area contributed by atoms with Gasteiger partial charge in [0.25, 0.3) is 0 Å². The van der Waals surface area contributed by atoms with Crippen molar-refractivity contribution in [1.29, 1.82) is 0 Å². The number of hydrogen-bond donors (Lipinski definition) is 0. The summed E-state index contributed by atoms with van der Waals surface area (Å²) in [7, 11) is 1.38. The molecule has 0 saturated heterocycles. The first-order valence-electron chi connectivity index (χ1n) is 5.96. The monoisotopic (exact) mass is 252 g/mol. The van der Waals surface area contributed by atoms with Crippen molar-refractivity contribution >= 4 is 28.7 Å². The van der Waals surface area contributed by atoms with Crippen LogP contribution in [-0.2, 0) is 4.74 Å². The largest absolute Gasteiger partial charge is 0.465 e. The summed E-state index contributed by atoms with van der Waals surface area (Å²) in [6.07, 6.45) is 3.76. The average Bonchev–Trinajstić information content (AvgIpc) is 2.99. The molecule has 2 aromatic rings. The molecule has 2 heterocycles. The van der Waals surface area contributed by atoms with Gasteiger partial charge in [0.15, 0.2) is 0 Å². The zero-order chi connectivity index (χ0) is 13.2. The first-order chi connectivity index (χ1) is 9.28. The third-order valence-electron chi connectivity index (χ3n) is 3.08. The second-order valence-electron chi connectivity index (χ2n) is 4.28. The molecule has 0 atom stereocenters. The van der Waals surface area contributed by atoms with Gasteiger partial charge >= 0.3 is 5.97 Å². The van der Waals surface area contributed by atoms with Gasteiger partial charge in [0.2, 0.25) is 0 Å². The molecule has 0 unspecified atom stereocenters. The van der Waals surface area contributed by atoms with Crippen LogP contribution in [0, 0.1) is 0 Å². The van der Waals surface area contributed by atoms with E-state index in [9.17, 15) is 4.79 Å². The maximum absolute atomic E-state index is 11.5. The van der Waals surface area contributed by atoms with Gasteiger partial charge in [-0.3, -0.25) is 4.99 Å². The third-order valence-corrected chi connectivity index (χ3v) is 3.08. The lowest BCUT2D eigenvalue weighted by molar-refractivity contribution is 0.0601. The minimum atomic E-state index is -0.335. The van der Waals surface area contributed by atoms with Gasteiger partial charge in [-0.1, -0.05) is 6.07 Å². The van der Waals surface area contributed by atoms with E-state index in [1.54, 1.807) is 18.3 Å². The summed E-state index contributed by atoms with van der Waals surface area (Å²) >= 11 is 0. The molecule has 94 valence electrons. The summed E-state index contributed by atoms with van der Waals surface area (Å²) in [4.78, 5) is 20.2. The van der Waals surface area contributed by atoms with Crippen molar-refractivity contribution in [3.8, 4) is 0 Å². The normalized spacial score (nSPS) is 13.6. The Labute approximate surface area is 110 Å². The second-order valence-corrected chi connectivity index (χ2v) is 4.28. The molecule has 3 rings (SSSR count). The molecule has 1 aliphatic heterocycles. The van der Waals surface area contributed by atoms with Crippen LogP contribution in [0.3, 0.4) is 0 Å². The second kappa shape index (κ2) is 4.65. The number of pyridine rings is 1. The molecule has 0 aliphatic carbocycles. The van der Waals surface area contributed by atoms with Crippen molar-refractivity contribution in [1.82, 2.24) is 4.98 Å². The fraction of sp³-hybridized carbons (Fsp3) is 0.133. The summed E-state index contributed by atoms with van der Waals surface area (Å²) in [6, 6.07) is 9.26. The molecule has 0 fully saturated rings. The van der Waals surface area contributed by atoms with Crippen LogP contribution >= 0.6 is 0 Å². The average molecular weight is 252 g/mol. The Morgan fingerprint density at radius 2 is 2.16 bits per heavy atom. The number of aliphatic imine (C=N–C) groups is 1. The van der Waals surface area contributed by atoms with Crippen LogP contribution in [0.1, 0.15) is 16.1 Å². The highest BCUT2D eigenvalue weighted by Crippen LogP contribution is 2.20. The Kier molecular flexibility index (Phi) is 2.83. The van der Waals surface area contributed by atoms with Crippen molar-refractivity contribution < 1.29 is 9.53 Å². The number of ether oxygens (including phenoxy) is 1. The highest BCUT2D eigenvalue weighted by atomic mass is 16.5. The van der Waals surface area contributed by atoms with Gasteiger partial charge in [-0.2, -0.15) is 0 Å². The standard InChI is InChI=1S/C15H12N2O2/c1-19-15(18)11-3-5-13-10(8-11)2-4-14(17-13)12-6-7-16-9-12/h2-8H,9H2,1H3. The van der Waals surface area contributed by atoms with Crippen LogP contribution in [-0.4, -0.2) is 30.8 Å². The molecular weight excluding hydrogens is 240 g/mol. The highest BCUT2D eigenvalue weighted by molar-refractivity contribution is 5.95. The minimum absolute atomic E-state index is 0.335. The van der Waals surface area contributed by atoms with E-state index in [1.165, 1.54) is 7.11 Å². The van der Waals surface area contributed by atoms with E-state index in [4.69, 9.17) is 4.74 Å². The van der Waals surface area contributed by atoms with E-state index in [1.807, 2.05) is 24.3 Å². The summed E-state index contributed by atoms with van der Waals surface area (Å²) < 4.78 is 4.71. The van der Waals surface area contributed by atoms with Crippen LogP contribution in [0.25, 0.3) is 16.5 Å². The number of aromatic nitrogens is 1. The summed E-state index contributed by atoms with van der Waals surface area (Å²) in [6.45, 7) is 0.679. The maximum atomic E-state index is 11.5. The van der Waals surface area contributed by atoms with Gasteiger partial charge in [-0.25, -0.2) is 9.78 Å². The van der Waals surface area contributed by atoms with Crippen molar-refractivity contribution in [3.63, 3.8) is 0 Å².